The number of nitrogens with zero attached hydrogens (tertiary/aromatic N) is 2. The van der Waals surface area contributed by atoms with Gasteiger partial charge in [-0.3, -0.25) is 9.78 Å². The molecule has 0 atom stereocenters. The van der Waals surface area contributed by atoms with Crippen LogP contribution in [0.1, 0.15) is 12.8 Å². The summed E-state index contributed by atoms with van der Waals surface area (Å²) in [4.78, 5) is 26.2. The third kappa shape index (κ3) is 1.35. The van der Waals surface area contributed by atoms with Crippen LogP contribution in [0.4, 0.5) is 5.82 Å². The fraction of sp³-hybridized carbons (Fsp3) is 0.667. The molecule has 1 aromatic heterocycles. The van der Waals surface area contributed by atoms with Crippen molar-refractivity contribution < 1.29 is 0 Å². The quantitative estimate of drug-likeness (QED) is 0.558. The Hall–Kier alpha value is -1.63. The molecule has 1 aliphatic carbocycles. The highest BCUT2D eigenvalue weighted by Gasteiger charge is 2.51. The smallest absolute Gasteiger partial charge is 0.342 e. The molecule has 16 heavy (non-hydrogen) atoms. The number of hydrogen-bond donors (Lipinski definition) is 3. The number of nitrogens with one attached hydrogen (secondary N) is 2. The fourth-order valence-corrected chi connectivity index (χ4v) is 2.29. The number of nitrogens with two attached hydrogens (primary N) is 1. The van der Waals surface area contributed by atoms with Crippen LogP contribution in [0.15, 0.2) is 9.59 Å². The van der Waals surface area contributed by atoms with Crippen LogP contribution in [-0.4, -0.2) is 33.8 Å². The molecule has 1 saturated heterocycles. The molecule has 2 aliphatic rings. The molecule has 1 aliphatic heterocycles. The molecule has 1 saturated carbocycles. The first-order valence-electron chi connectivity index (χ1n) is 5.31. The van der Waals surface area contributed by atoms with E-state index in [1.165, 1.54) is 12.8 Å². The summed E-state index contributed by atoms with van der Waals surface area (Å²) in [6.07, 6.45) is 2.36. The summed E-state index contributed by atoms with van der Waals surface area (Å²) >= 11 is 0. The predicted molar refractivity (Wildman–Crippen MR) is 57.3 cm³/mol. The van der Waals surface area contributed by atoms with E-state index < -0.39 is 11.2 Å². The van der Waals surface area contributed by atoms with E-state index in [0.717, 1.165) is 0 Å². The van der Waals surface area contributed by atoms with Crippen molar-refractivity contribution in [3.05, 3.63) is 20.8 Å². The summed E-state index contributed by atoms with van der Waals surface area (Å²) in [7, 11) is 0. The van der Waals surface area contributed by atoms with Gasteiger partial charge in [-0.05, 0) is 18.8 Å². The van der Waals surface area contributed by atoms with Crippen molar-refractivity contribution in [1.29, 1.82) is 0 Å². The first-order chi connectivity index (χ1) is 7.58. The fourth-order valence-electron chi connectivity index (χ4n) is 2.29. The van der Waals surface area contributed by atoms with Crippen LogP contribution in [0, 0.1) is 5.92 Å². The summed E-state index contributed by atoms with van der Waals surface area (Å²) in [5.41, 5.74) is 4.96. The van der Waals surface area contributed by atoms with Crippen LogP contribution < -0.4 is 21.9 Å². The summed E-state index contributed by atoms with van der Waals surface area (Å²) in [6.45, 7) is 1.28. The zero-order valence-electron chi connectivity index (χ0n) is 8.69. The molecule has 7 nitrogen and oxygen atoms in total. The van der Waals surface area contributed by atoms with Crippen LogP contribution in [-0.2, 0) is 0 Å². The summed E-state index contributed by atoms with van der Waals surface area (Å²) < 4.78 is 0. The molecule has 2 fully saturated rings. The molecule has 0 amide bonds. The normalized spacial score (nSPS) is 22.9. The van der Waals surface area contributed by atoms with Crippen LogP contribution in [0.25, 0.3) is 0 Å². The third-order valence-corrected chi connectivity index (χ3v) is 3.35. The lowest BCUT2D eigenvalue weighted by Gasteiger charge is -2.48. The lowest BCUT2D eigenvalue weighted by Crippen LogP contribution is -2.70. The van der Waals surface area contributed by atoms with Gasteiger partial charge in [0.05, 0.1) is 5.54 Å². The summed E-state index contributed by atoms with van der Waals surface area (Å²) in [6, 6.07) is 0. The number of hydrogen-bond acceptors (Lipinski definition) is 5. The van der Waals surface area contributed by atoms with Gasteiger partial charge in [0.1, 0.15) is 0 Å². The molecular weight excluding hydrogens is 210 g/mol. The molecule has 0 aromatic carbocycles. The van der Waals surface area contributed by atoms with E-state index in [1.807, 2.05) is 0 Å². The van der Waals surface area contributed by atoms with Crippen LogP contribution in [0.5, 0.6) is 0 Å². The van der Waals surface area contributed by atoms with E-state index in [2.05, 4.69) is 15.2 Å². The Labute approximate surface area is 90.7 Å². The van der Waals surface area contributed by atoms with Gasteiger partial charge < -0.3 is 10.6 Å². The molecule has 0 bridgehead atoms. The maximum Gasteiger partial charge on any atom is 0.342 e. The molecule has 86 valence electrons. The minimum atomic E-state index is -0.588. The van der Waals surface area contributed by atoms with Gasteiger partial charge in [-0.15, -0.1) is 5.10 Å². The van der Waals surface area contributed by atoms with Gasteiger partial charge >= 0.3 is 5.69 Å². The van der Waals surface area contributed by atoms with E-state index in [0.29, 0.717) is 19.0 Å². The monoisotopic (exact) mass is 223 g/mol. The Morgan fingerprint density at radius 2 is 2.06 bits per heavy atom. The van der Waals surface area contributed by atoms with Crippen molar-refractivity contribution >= 4 is 5.82 Å². The van der Waals surface area contributed by atoms with E-state index in [9.17, 15) is 9.59 Å². The average molecular weight is 223 g/mol. The van der Waals surface area contributed by atoms with Crippen LogP contribution in [0.3, 0.4) is 0 Å². The predicted octanol–water partition coefficient (Wildman–Crippen LogP) is -1.61. The average Bonchev–Trinajstić information content (AvgIpc) is 2.97. The minimum Gasteiger partial charge on any atom is -0.347 e. The molecule has 1 aromatic rings. The minimum absolute atomic E-state index is 0.162. The van der Waals surface area contributed by atoms with Gasteiger partial charge in [0.15, 0.2) is 0 Å². The molecular formula is C9H13N5O2. The Balaban J connectivity index is 1.81. The highest BCUT2D eigenvalue weighted by molar-refractivity contribution is 5.42. The summed E-state index contributed by atoms with van der Waals surface area (Å²) in [5, 5.41) is 5.95. The van der Waals surface area contributed by atoms with Crippen molar-refractivity contribution in [2.24, 2.45) is 11.7 Å². The second kappa shape index (κ2) is 2.94. The Morgan fingerprint density at radius 3 is 2.62 bits per heavy atom. The third-order valence-electron chi connectivity index (χ3n) is 3.35. The number of aromatic amines is 2. The Bertz CT molecular complexity index is 523. The maximum atomic E-state index is 11.5. The number of anilines is 1. The number of H-pyrrole nitrogens is 2. The van der Waals surface area contributed by atoms with Gasteiger partial charge in [0.2, 0.25) is 5.82 Å². The lowest BCUT2D eigenvalue weighted by molar-refractivity contribution is 0.288. The van der Waals surface area contributed by atoms with Crippen LogP contribution >= 0.6 is 0 Å². The van der Waals surface area contributed by atoms with Crippen molar-refractivity contribution in [2.75, 3.05) is 18.0 Å². The topological polar surface area (TPSA) is 108 Å². The largest absolute Gasteiger partial charge is 0.347 e. The zero-order valence-corrected chi connectivity index (χ0v) is 8.69. The van der Waals surface area contributed by atoms with Crippen molar-refractivity contribution in [3.63, 3.8) is 0 Å². The molecule has 0 radical (unpaired) electrons. The Morgan fingerprint density at radius 1 is 1.38 bits per heavy atom. The van der Waals surface area contributed by atoms with E-state index in [4.69, 9.17) is 5.73 Å². The van der Waals surface area contributed by atoms with Crippen molar-refractivity contribution in [1.82, 2.24) is 15.2 Å². The lowest BCUT2D eigenvalue weighted by atomic mass is 9.86. The van der Waals surface area contributed by atoms with Gasteiger partial charge in [0.25, 0.3) is 5.56 Å². The van der Waals surface area contributed by atoms with E-state index in [1.54, 1.807) is 4.90 Å². The molecule has 4 N–H and O–H groups in total. The number of rotatable bonds is 2. The molecule has 3 rings (SSSR count). The van der Waals surface area contributed by atoms with Gasteiger partial charge in [-0.2, -0.15) is 0 Å². The first-order valence-corrected chi connectivity index (χ1v) is 5.31. The standard InChI is InChI=1S/C9H13N5O2/c10-9(5-1-2-5)3-14(4-9)6-7(15)11-8(16)13-12-6/h5H,1-4,10H2,(H2,11,13,15,16). The highest BCUT2D eigenvalue weighted by Crippen LogP contribution is 2.43. The van der Waals surface area contributed by atoms with Crippen molar-refractivity contribution in [2.45, 2.75) is 18.4 Å². The second-order valence-corrected chi connectivity index (χ2v) is 4.69. The SMILES string of the molecule is NC1(C2CC2)CN(c2n[nH]c(=O)[nH]c2=O)C1. The van der Waals surface area contributed by atoms with Crippen LogP contribution in [0.2, 0.25) is 0 Å². The Kier molecular flexibility index (Phi) is 1.76. The van der Waals surface area contributed by atoms with Gasteiger partial charge in [-0.1, -0.05) is 0 Å². The molecule has 7 heteroatoms. The van der Waals surface area contributed by atoms with Gasteiger partial charge in [0, 0.05) is 13.1 Å². The summed E-state index contributed by atoms with van der Waals surface area (Å²) in [5.74, 6) is 0.840. The van der Waals surface area contributed by atoms with E-state index in [-0.39, 0.29) is 11.4 Å². The number of aromatic nitrogens is 3. The highest BCUT2D eigenvalue weighted by atomic mass is 16.2. The molecule has 2 heterocycles. The maximum absolute atomic E-state index is 11.5. The molecule has 0 spiro atoms. The van der Waals surface area contributed by atoms with Crippen molar-refractivity contribution in [3.8, 4) is 0 Å². The zero-order chi connectivity index (χ0) is 11.3. The van der Waals surface area contributed by atoms with Gasteiger partial charge in [-0.25, -0.2) is 9.89 Å². The van der Waals surface area contributed by atoms with E-state index >= 15 is 0 Å². The second-order valence-electron chi connectivity index (χ2n) is 4.69. The molecule has 0 unspecified atom stereocenters. The first kappa shape index (κ1) is 9.59.